The van der Waals surface area contributed by atoms with Crippen molar-refractivity contribution in [1.82, 2.24) is 4.90 Å². The summed E-state index contributed by atoms with van der Waals surface area (Å²) < 4.78 is 5.15. The van der Waals surface area contributed by atoms with Gasteiger partial charge < -0.3 is 20.3 Å². The highest BCUT2D eigenvalue weighted by molar-refractivity contribution is 6.00. The molecule has 2 saturated heterocycles. The van der Waals surface area contributed by atoms with Crippen LogP contribution in [0.15, 0.2) is 24.3 Å². The lowest BCUT2D eigenvalue weighted by atomic mass is 9.90. The molecule has 136 valence electrons. The van der Waals surface area contributed by atoms with E-state index in [-0.39, 0.29) is 30.2 Å². The molecule has 25 heavy (non-hydrogen) atoms. The topological polar surface area (TPSA) is 75.9 Å². The van der Waals surface area contributed by atoms with E-state index in [4.69, 9.17) is 10.5 Å². The van der Waals surface area contributed by atoms with Crippen LogP contribution in [0.3, 0.4) is 0 Å². The van der Waals surface area contributed by atoms with E-state index >= 15 is 0 Å². The first-order chi connectivity index (χ1) is 12.0. The second kappa shape index (κ2) is 7.44. The number of nitrogens with two attached hydrogens (primary N) is 1. The number of likely N-dealkylation sites (tertiary alicyclic amines) is 1. The molecule has 2 aliphatic heterocycles. The average Bonchev–Trinajstić information content (AvgIpc) is 3.03. The van der Waals surface area contributed by atoms with Crippen molar-refractivity contribution in [3.63, 3.8) is 0 Å². The Morgan fingerprint density at radius 2 is 1.88 bits per heavy atom. The molecular formula is C19H27N3O3. The van der Waals surface area contributed by atoms with E-state index in [0.717, 1.165) is 37.4 Å². The molecule has 6 nitrogen and oxygen atoms in total. The third kappa shape index (κ3) is 3.79. The van der Waals surface area contributed by atoms with Crippen LogP contribution in [0.25, 0.3) is 0 Å². The monoisotopic (exact) mass is 345 g/mol. The molecule has 0 spiro atoms. The first-order valence-electron chi connectivity index (χ1n) is 8.98. The highest BCUT2D eigenvalue weighted by Crippen LogP contribution is 2.29. The molecule has 2 amide bonds. The van der Waals surface area contributed by atoms with Crippen LogP contribution in [0.4, 0.5) is 5.69 Å². The summed E-state index contributed by atoms with van der Waals surface area (Å²) in [5.41, 5.74) is 6.79. The third-order valence-corrected chi connectivity index (χ3v) is 5.45. The van der Waals surface area contributed by atoms with Gasteiger partial charge in [-0.05, 0) is 49.9 Å². The Morgan fingerprint density at radius 3 is 2.44 bits per heavy atom. The molecule has 1 aromatic rings. The summed E-state index contributed by atoms with van der Waals surface area (Å²) in [6.45, 7) is 3.98. The van der Waals surface area contributed by atoms with Crippen LogP contribution in [-0.4, -0.2) is 49.5 Å². The maximum absolute atomic E-state index is 12.8. The van der Waals surface area contributed by atoms with Gasteiger partial charge in [-0.3, -0.25) is 9.59 Å². The molecule has 0 bridgehead atoms. The van der Waals surface area contributed by atoms with Gasteiger partial charge in [-0.15, -0.1) is 0 Å². The lowest BCUT2D eigenvalue weighted by molar-refractivity contribution is -0.137. The molecule has 0 saturated carbocycles. The van der Waals surface area contributed by atoms with Gasteiger partial charge >= 0.3 is 0 Å². The quantitative estimate of drug-likeness (QED) is 0.900. The van der Waals surface area contributed by atoms with Gasteiger partial charge in [-0.1, -0.05) is 0 Å². The van der Waals surface area contributed by atoms with Crippen LogP contribution in [0, 0.1) is 11.8 Å². The fraction of sp³-hybridized carbons (Fsp3) is 0.579. The Balaban J connectivity index is 1.61. The van der Waals surface area contributed by atoms with E-state index in [9.17, 15) is 9.59 Å². The summed E-state index contributed by atoms with van der Waals surface area (Å²) in [5.74, 6) is 1.10. The van der Waals surface area contributed by atoms with Crippen molar-refractivity contribution in [3.8, 4) is 5.75 Å². The fourth-order valence-corrected chi connectivity index (χ4v) is 3.79. The van der Waals surface area contributed by atoms with Gasteiger partial charge in [0.2, 0.25) is 11.8 Å². The SMILES string of the molecule is COc1ccc(N2CC(C(=O)N3CCC(C(C)N)CC3)CC2=O)cc1. The molecule has 2 heterocycles. The van der Waals surface area contributed by atoms with Crippen molar-refractivity contribution in [2.24, 2.45) is 17.6 Å². The van der Waals surface area contributed by atoms with Gasteiger partial charge in [0.15, 0.2) is 0 Å². The molecule has 2 fully saturated rings. The summed E-state index contributed by atoms with van der Waals surface area (Å²) in [4.78, 5) is 28.8. The van der Waals surface area contributed by atoms with Gasteiger partial charge in [0, 0.05) is 37.8 Å². The maximum Gasteiger partial charge on any atom is 0.228 e. The van der Waals surface area contributed by atoms with Crippen LogP contribution in [0.5, 0.6) is 5.75 Å². The lowest BCUT2D eigenvalue weighted by Crippen LogP contribution is -2.45. The summed E-state index contributed by atoms with van der Waals surface area (Å²) in [5, 5.41) is 0. The smallest absolute Gasteiger partial charge is 0.228 e. The molecule has 2 unspecified atom stereocenters. The Bertz CT molecular complexity index is 621. The lowest BCUT2D eigenvalue weighted by Gasteiger charge is -2.35. The summed E-state index contributed by atoms with van der Waals surface area (Å²) >= 11 is 0. The largest absolute Gasteiger partial charge is 0.497 e. The molecular weight excluding hydrogens is 318 g/mol. The number of anilines is 1. The number of rotatable bonds is 4. The minimum absolute atomic E-state index is 0.00832. The van der Waals surface area contributed by atoms with Crippen LogP contribution >= 0.6 is 0 Å². The maximum atomic E-state index is 12.8. The predicted molar refractivity (Wildman–Crippen MR) is 96.4 cm³/mol. The second-order valence-electron chi connectivity index (χ2n) is 7.13. The first kappa shape index (κ1) is 17.7. The predicted octanol–water partition coefficient (Wildman–Crippen LogP) is 1.63. The van der Waals surface area contributed by atoms with Crippen molar-refractivity contribution in [2.45, 2.75) is 32.2 Å². The van der Waals surface area contributed by atoms with E-state index < -0.39 is 0 Å². The summed E-state index contributed by atoms with van der Waals surface area (Å²) in [6.07, 6.45) is 2.19. The van der Waals surface area contributed by atoms with E-state index in [1.807, 2.05) is 36.1 Å². The van der Waals surface area contributed by atoms with Crippen LogP contribution < -0.4 is 15.4 Å². The molecule has 0 aliphatic carbocycles. The van der Waals surface area contributed by atoms with Gasteiger partial charge in [0.1, 0.15) is 5.75 Å². The molecule has 6 heteroatoms. The van der Waals surface area contributed by atoms with Crippen molar-refractivity contribution in [1.29, 1.82) is 0 Å². The summed E-state index contributed by atoms with van der Waals surface area (Å²) in [7, 11) is 1.61. The number of carbonyl (C=O) groups excluding carboxylic acids is 2. The highest BCUT2D eigenvalue weighted by Gasteiger charge is 2.38. The Labute approximate surface area is 148 Å². The van der Waals surface area contributed by atoms with Crippen LogP contribution in [0.1, 0.15) is 26.2 Å². The zero-order valence-electron chi connectivity index (χ0n) is 15.0. The zero-order valence-corrected chi connectivity index (χ0v) is 15.0. The first-order valence-corrected chi connectivity index (χ1v) is 8.98. The number of piperidine rings is 1. The normalized spacial score (nSPS) is 23.0. The molecule has 0 radical (unpaired) electrons. The van der Waals surface area contributed by atoms with E-state index in [1.165, 1.54) is 0 Å². The molecule has 2 N–H and O–H groups in total. The molecule has 1 aromatic carbocycles. The third-order valence-electron chi connectivity index (χ3n) is 5.45. The second-order valence-corrected chi connectivity index (χ2v) is 7.13. The van der Waals surface area contributed by atoms with Crippen molar-refractivity contribution in [3.05, 3.63) is 24.3 Å². The van der Waals surface area contributed by atoms with E-state index in [2.05, 4.69) is 0 Å². The van der Waals surface area contributed by atoms with Crippen molar-refractivity contribution >= 4 is 17.5 Å². The van der Waals surface area contributed by atoms with Gasteiger partial charge in [0.05, 0.1) is 13.0 Å². The Morgan fingerprint density at radius 1 is 1.24 bits per heavy atom. The Kier molecular flexibility index (Phi) is 5.27. The minimum Gasteiger partial charge on any atom is -0.497 e. The molecule has 2 aliphatic rings. The minimum atomic E-state index is -0.249. The molecule has 0 aromatic heterocycles. The Hall–Kier alpha value is -2.08. The number of amides is 2. The van der Waals surface area contributed by atoms with Crippen molar-refractivity contribution < 1.29 is 14.3 Å². The van der Waals surface area contributed by atoms with Gasteiger partial charge in [-0.2, -0.15) is 0 Å². The van der Waals surface area contributed by atoms with Crippen molar-refractivity contribution in [2.75, 3.05) is 31.6 Å². The number of hydrogen-bond donors (Lipinski definition) is 1. The van der Waals surface area contributed by atoms with Crippen LogP contribution in [0.2, 0.25) is 0 Å². The zero-order chi connectivity index (χ0) is 18.0. The highest BCUT2D eigenvalue weighted by atomic mass is 16.5. The number of ether oxygens (including phenoxy) is 1. The number of methoxy groups -OCH3 is 1. The number of nitrogens with zero attached hydrogens (tertiary/aromatic N) is 2. The van der Waals surface area contributed by atoms with E-state index in [1.54, 1.807) is 12.0 Å². The number of carbonyl (C=O) groups is 2. The summed E-state index contributed by atoms with van der Waals surface area (Å²) in [6, 6.07) is 7.55. The van der Waals surface area contributed by atoms with Gasteiger partial charge in [0.25, 0.3) is 0 Å². The van der Waals surface area contributed by atoms with Gasteiger partial charge in [-0.25, -0.2) is 0 Å². The molecule has 3 rings (SSSR count). The fourth-order valence-electron chi connectivity index (χ4n) is 3.79. The molecule has 2 atom stereocenters. The average molecular weight is 345 g/mol. The van der Waals surface area contributed by atoms with Crippen LogP contribution in [-0.2, 0) is 9.59 Å². The number of benzene rings is 1. The van der Waals surface area contributed by atoms with E-state index in [0.29, 0.717) is 12.5 Å². The standard InChI is InChI=1S/C19H27N3O3/c1-13(20)14-7-9-21(10-8-14)19(24)15-11-18(23)22(12-15)16-3-5-17(25-2)6-4-16/h3-6,13-15H,7-12,20H2,1-2H3. The number of hydrogen-bond acceptors (Lipinski definition) is 4.